The fraction of sp³-hybridized carbons (Fsp3) is 0.0526. The molecule has 1 heterocycles. The fourth-order valence-corrected chi connectivity index (χ4v) is 2.52. The third-order valence-electron chi connectivity index (χ3n) is 3.45. The second-order valence-electron chi connectivity index (χ2n) is 5.24. The molecule has 3 nitrogen and oxygen atoms in total. The van der Waals surface area contributed by atoms with Gasteiger partial charge in [-0.2, -0.15) is 0 Å². The van der Waals surface area contributed by atoms with Crippen molar-refractivity contribution in [3.63, 3.8) is 0 Å². The molecule has 0 radical (unpaired) electrons. The summed E-state index contributed by atoms with van der Waals surface area (Å²) >= 11 is 6.16. The second kappa shape index (κ2) is 6.63. The molecule has 3 aromatic rings. The van der Waals surface area contributed by atoms with Gasteiger partial charge in [0.2, 0.25) is 0 Å². The van der Waals surface area contributed by atoms with Crippen molar-refractivity contribution in [3.05, 3.63) is 83.0 Å². The van der Waals surface area contributed by atoms with Gasteiger partial charge >= 0.3 is 0 Å². The maximum Gasteiger partial charge on any atom is 0.257 e. The van der Waals surface area contributed by atoms with Crippen LogP contribution in [-0.4, -0.2) is 10.9 Å². The van der Waals surface area contributed by atoms with Crippen LogP contribution in [0.3, 0.4) is 0 Å². The van der Waals surface area contributed by atoms with Crippen LogP contribution in [0.5, 0.6) is 0 Å². The van der Waals surface area contributed by atoms with E-state index in [1.165, 1.54) is 0 Å². The van der Waals surface area contributed by atoms with Crippen molar-refractivity contribution in [2.24, 2.45) is 0 Å². The minimum Gasteiger partial charge on any atom is -0.322 e. The van der Waals surface area contributed by atoms with Gasteiger partial charge in [0.25, 0.3) is 5.91 Å². The lowest BCUT2D eigenvalue weighted by Gasteiger charge is -2.07. The lowest BCUT2D eigenvalue weighted by molar-refractivity contribution is 0.102. The Balaban J connectivity index is 1.79. The first-order valence-corrected chi connectivity index (χ1v) is 7.60. The number of amides is 1. The Labute approximate surface area is 140 Å². The number of nitrogens with one attached hydrogen (secondary N) is 1. The second-order valence-corrected chi connectivity index (χ2v) is 5.64. The zero-order valence-corrected chi connectivity index (χ0v) is 13.3. The van der Waals surface area contributed by atoms with Crippen LogP contribution < -0.4 is 5.32 Å². The van der Waals surface area contributed by atoms with Crippen molar-refractivity contribution in [1.29, 1.82) is 0 Å². The molecule has 114 valence electrons. The molecule has 4 heteroatoms. The van der Waals surface area contributed by atoms with Gasteiger partial charge in [0.1, 0.15) is 0 Å². The monoisotopic (exact) mass is 322 g/mol. The standard InChI is InChI=1S/C19H15ClN2O/c1-13-5-4-6-15(11-13)22-19(23)14-9-10-18(21-12-14)16-7-2-3-8-17(16)20/h2-12H,1H3,(H,22,23). The third kappa shape index (κ3) is 3.58. The summed E-state index contributed by atoms with van der Waals surface area (Å²) in [7, 11) is 0. The summed E-state index contributed by atoms with van der Waals surface area (Å²) < 4.78 is 0. The number of aromatic nitrogens is 1. The zero-order valence-electron chi connectivity index (χ0n) is 12.6. The molecule has 0 saturated heterocycles. The van der Waals surface area contributed by atoms with Gasteiger partial charge in [0.15, 0.2) is 0 Å². The molecule has 0 fully saturated rings. The fourth-order valence-electron chi connectivity index (χ4n) is 2.28. The summed E-state index contributed by atoms with van der Waals surface area (Å²) in [6.07, 6.45) is 1.56. The first-order chi connectivity index (χ1) is 11.1. The number of carbonyl (C=O) groups excluding carboxylic acids is 1. The van der Waals surface area contributed by atoms with Gasteiger partial charge in [-0.05, 0) is 42.8 Å². The van der Waals surface area contributed by atoms with Crippen molar-refractivity contribution in [2.45, 2.75) is 6.92 Å². The third-order valence-corrected chi connectivity index (χ3v) is 3.78. The highest BCUT2D eigenvalue weighted by molar-refractivity contribution is 6.33. The molecule has 1 N–H and O–H groups in total. The van der Waals surface area contributed by atoms with Crippen molar-refractivity contribution in [1.82, 2.24) is 4.98 Å². The number of pyridine rings is 1. The Morgan fingerprint density at radius 1 is 1.04 bits per heavy atom. The lowest BCUT2D eigenvalue weighted by atomic mass is 10.1. The number of hydrogen-bond acceptors (Lipinski definition) is 2. The maximum absolute atomic E-state index is 12.3. The summed E-state index contributed by atoms with van der Waals surface area (Å²) in [6, 6.07) is 18.7. The lowest BCUT2D eigenvalue weighted by Crippen LogP contribution is -2.12. The van der Waals surface area contributed by atoms with Crippen molar-refractivity contribution >= 4 is 23.2 Å². The van der Waals surface area contributed by atoms with E-state index in [1.807, 2.05) is 55.5 Å². The Bertz CT molecular complexity index is 844. The van der Waals surface area contributed by atoms with Crippen LogP contribution in [-0.2, 0) is 0 Å². The van der Waals surface area contributed by atoms with E-state index in [2.05, 4.69) is 10.3 Å². The molecule has 0 unspecified atom stereocenters. The molecule has 2 aromatic carbocycles. The highest BCUT2D eigenvalue weighted by atomic mass is 35.5. The molecular weight excluding hydrogens is 308 g/mol. The summed E-state index contributed by atoms with van der Waals surface area (Å²) in [5.74, 6) is -0.186. The molecule has 0 bridgehead atoms. The van der Waals surface area contributed by atoms with Crippen LogP contribution in [0.4, 0.5) is 5.69 Å². The van der Waals surface area contributed by atoms with E-state index in [-0.39, 0.29) is 5.91 Å². The average Bonchev–Trinajstić information content (AvgIpc) is 2.55. The Kier molecular flexibility index (Phi) is 4.40. The molecule has 3 rings (SSSR count). The van der Waals surface area contributed by atoms with Gasteiger partial charge in [-0.3, -0.25) is 9.78 Å². The number of aryl methyl sites for hydroxylation is 1. The van der Waals surface area contributed by atoms with E-state index in [0.29, 0.717) is 10.6 Å². The number of rotatable bonds is 3. The summed E-state index contributed by atoms with van der Waals surface area (Å²) in [6.45, 7) is 1.98. The topological polar surface area (TPSA) is 42.0 Å². The normalized spacial score (nSPS) is 10.3. The maximum atomic E-state index is 12.3. The van der Waals surface area contributed by atoms with E-state index >= 15 is 0 Å². The van der Waals surface area contributed by atoms with Crippen LogP contribution in [0, 0.1) is 6.92 Å². The SMILES string of the molecule is Cc1cccc(NC(=O)c2ccc(-c3ccccc3Cl)nc2)c1. The number of nitrogens with zero attached hydrogens (tertiary/aromatic N) is 1. The van der Waals surface area contributed by atoms with Gasteiger partial charge in [0, 0.05) is 22.5 Å². The van der Waals surface area contributed by atoms with Crippen molar-refractivity contribution in [2.75, 3.05) is 5.32 Å². The molecule has 0 aliphatic carbocycles. The van der Waals surface area contributed by atoms with Crippen LogP contribution in [0.15, 0.2) is 66.9 Å². The van der Waals surface area contributed by atoms with E-state index in [1.54, 1.807) is 18.3 Å². The minimum absolute atomic E-state index is 0.186. The van der Waals surface area contributed by atoms with Crippen LogP contribution in [0.2, 0.25) is 5.02 Å². The number of hydrogen-bond donors (Lipinski definition) is 1. The van der Waals surface area contributed by atoms with Crippen molar-refractivity contribution < 1.29 is 4.79 Å². The van der Waals surface area contributed by atoms with Gasteiger partial charge in [-0.15, -0.1) is 0 Å². The molecule has 0 atom stereocenters. The predicted octanol–water partition coefficient (Wildman–Crippen LogP) is 4.96. The molecule has 0 aliphatic rings. The highest BCUT2D eigenvalue weighted by Crippen LogP contribution is 2.25. The number of halogens is 1. The molecule has 0 saturated carbocycles. The number of benzene rings is 2. The average molecular weight is 323 g/mol. The van der Waals surface area contributed by atoms with Crippen molar-refractivity contribution in [3.8, 4) is 11.3 Å². The molecule has 23 heavy (non-hydrogen) atoms. The Morgan fingerprint density at radius 3 is 2.57 bits per heavy atom. The van der Waals surface area contributed by atoms with E-state index in [4.69, 9.17) is 11.6 Å². The van der Waals surface area contributed by atoms with Gasteiger partial charge in [-0.1, -0.05) is 41.9 Å². The smallest absolute Gasteiger partial charge is 0.257 e. The quantitative estimate of drug-likeness (QED) is 0.740. The molecule has 1 aromatic heterocycles. The van der Waals surface area contributed by atoms with Gasteiger partial charge in [-0.25, -0.2) is 0 Å². The number of carbonyl (C=O) groups is 1. The summed E-state index contributed by atoms with van der Waals surface area (Å²) in [5.41, 5.74) is 3.95. The first-order valence-electron chi connectivity index (χ1n) is 7.22. The largest absolute Gasteiger partial charge is 0.322 e. The highest BCUT2D eigenvalue weighted by Gasteiger charge is 2.09. The van der Waals surface area contributed by atoms with E-state index < -0.39 is 0 Å². The molecule has 0 spiro atoms. The van der Waals surface area contributed by atoms with Crippen LogP contribution in [0.1, 0.15) is 15.9 Å². The first kappa shape index (κ1) is 15.3. The van der Waals surface area contributed by atoms with E-state index in [0.717, 1.165) is 22.5 Å². The van der Waals surface area contributed by atoms with Crippen LogP contribution in [0.25, 0.3) is 11.3 Å². The molecule has 1 amide bonds. The number of anilines is 1. The van der Waals surface area contributed by atoms with E-state index in [9.17, 15) is 4.79 Å². The Hall–Kier alpha value is -2.65. The summed E-state index contributed by atoms with van der Waals surface area (Å²) in [5, 5.41) is 3.50. The predicted molar refractivity (Wildman–Crippen MR) is 93.8 cm³/mol. The van der Waals surface area contributed by atoms with Gasteiger partial charge in [0.05, 0.1) is 11.3 Å². The molecule has 0 aliphatic heterocycles. The molecular formula is C19H15ClN2O. The summed E-state index contributed by atoms with van der Waals surface area (Å²) in [4.78, 5) is 16.6. The zero-order chi connectivity index (χ0) is 16.2. The minimum atomic E-state index is -0.186. The van der Waals surface area contributed by atoms with Crippen LogP contribution >= 0.6 is 11.6 Å². The van der Waals surface area contributed by atoms with Gasteiger partial charge < -0.3 is 5.32 Å². The Morgan fingerprint density at radius 2 is 1.87 bits per heavy atom.